The van der Waals surface area contributed by atoms with E-state index in [-0.39, 0.29) is 11.9 Å². The van der Waals surface area contributed by atoms with E-state index in [9.17, 15) is 13.6 Å². The zero-order valence-electron chi connectivity index (χ0n) is 19.3. The lowest BCUT2D eigenvalue weighted by Crippen LogP contribution is -2.29. The highest BCUT2D eigenvalue weighted by molar-refractivity contribution is 6.10. The molecule has 0 aliphatic carbocycles. The summed E-state index contributed by atoms with van der Waals surface area (Å²) in [7, 11) is 0. The monoisotopic (exact) mass is 476 g/mol. The van der Waals surface area contributed by atoms with Gasteiger partial charge in [0.2, 0.25) is 0 Å². The van der Waals surface area contributed by atoms with Gasteiger partial charge in [-0.25, -0.2) is 8.78 Å². The number of anilines is 2. The smallest absolute Gasteiger partial charge is 0.258 e. The Morgan fingerprint density at radius 2 is 1.80 bits per heavy atom. The van der Waals surface area contributed by atoms with E-state index in [1.807, 2.05) is 43.3 Å². The average molecular weight is 477 g/mol. The Balaban J connectivity index is 1.38. The number of ether oxygens (including phenoxy) is 1. The number of aryl methyl sites for hydroxylation is 1. The summed E-state index contributed by atoms with van der Waals surface area (Å²) >= 11 is 0. The van der Waals surface area contributed by atoms with Crippen molar-refractivity contribution in [3.05, 3.63) is 88.5 Å². The van der Waals surface area contributed by atoms with Crippen LogP contribution in [0.15, 0.2) is 54.6 Å². The number of hydrogen-bond donors (Lipinski definition) is 3. The van der Waals surface area contributed by atoms with Crippen molar-refractivity contribution < 1.29 is 18.3 Å². The maximum atomic E-state index is 13.6. The van der Waals surface area contributed by atoms with Gasteiger partial charge < -0.3 is 15.4 Å². The molecule has 0 atom stereocenters. The molecule has 3 N–H and O–H groups in total. The second-order valence-electron chi connectivity index (χ2n) is 8.94. The molecule has 6 nitrogen and oxygen atoms in total. The summed E-state index contributed by atoms with van der Waals surface area (Å²) in [6.07, 6.45) is 2.12. The lowest BCUT2D eigenvalue weighted by atomic mass is 10.0. The topological polar surface area (TPSA) is 79.0 Å². The fraction of sp³-hybridized carbons (Fsp3) is 0.259. The Morgan fingerprint density at radius 3 is 2.57 bits per heavy atom. The van der Waals surface area contributed by atoms with Crippen molar-refractivity contribution in [2.45, 2.75) is 32.2 Å². The lowest BCUT2D eigenvalue weighted by Gasteiger charge is -2.25. The summed E-state index contributed by atoms with van der Waals surface area (Å²) in [6, 6.07) is 15.0. The summed E-state index contributed by atoms with van der Waals surface area (Å²) < 4.78 is 32.6. The van der Waals surface area contributed by atoms with Gasteiger partial charge in [0.1, 0.15) is 11.6 Å². The molecule has 3 aromatic carbocycles. The van der Waals surface area contributed by atoms with Crippen LogP contribution in [-0.2, 0) is 11.2 Å². The molecular weight excluding hydrogens is 450 g/mol. The predicted molar refractivity (Wildman–Crippen MR) is 132 cm³/mol. The molecule has 0 unspecified atom stereocenters. The van der Waals surface area contributed by atoms with Crippen molar-refractivity contribution in [1.29, 1.82) is 0 Å². The maximum Gasteiger partial charge on any atom is 0.258 e. The Morgan fingerprint density at radius 1 is 1.03 bits per heavy atom. The normalized spacial score (nSPS) is 14.3. The number of H-pyrrole nitrogens is 1. The zero-order chi connectivity index (χ0) is 24.4. The van der Waals surface area contributed by atoms with E-state index < -0.39 is 11.6 Å². The first-order valence-corrected chi connectivity index (χ1v) is 11.6. The van der Waals surface area contributed by atoms with Crippen molar-refractivity contribution in [3.8, 4) is 0 Å². The minimum Gasteiger partial charge on any atom is -0.381 e. The molecular formula is C27H26F2N4O2. The Labute approximate surface area is 201 Å². The molecule has 8 heteroatoms. The van der Waals surface area contributed by atoms with E-state index in [4.69, 9.17) is 4.74 Å². The number of fused-ring (bicyclic) bond motifs is 1. The second-order valence-corrected chi connectivity index (χ2v) is 8.94. The Kier molecular flexibility index (Phi) is 6.46. The number of carbonyl (C=O) groups excluding carboxylic acids is 1. The number of hydrogen-bond acceptors (Lipinski definition) is 4. The molecule has 0 bridgehead atoms. The lowest BCUT2D eigenvalue weighted by molar-refractivity contribution is 0.0904. The van der Waals surface area contributed by atoms with Gasteiger partial charge >= 0.3 is 0 Å². The van der Waals surface area contributed by atoms with Crippen molar-refractivity contribution in [1.82, 2.24) is 10.2 Å². The summed E-state index contributed by atoms with van der Waals surface area (Å²) in [5.74, 6) is -1.10. The minimum absolute atomic E-state index is 0.249. The molecule has 0 saturated carbocycles. The first-order chi connectivity index (χ1) is 16.9. The third-order valence-electron chi connectivity index (χ3n) is 6.19. The number of rotatable bonds is 6. The van der Waals surface area contributed by atoms with Gasteiger partial charge in [0.15, 0.2) is 5.82 Å². The SMILES string of the molecule is Cc1ccc(C(=O)Nc2n[nH]c3ccc(Cc4cc(F)cc(F)c4)cc23)c(NC2CCOCC2)c1. The fourth-order valence-corrected chi connectivity index (χ4v) is 4.43. The molecule has 1 aliphatic rings. The Hall–Kier alpha value is -3.78. The van der Waals surface area contributed by atoms with Crippen molar-refractivity contribution in [2.24, 2.45) is 0 Å². The van der Waals surface area contributed by atoms with E-state index in [0.717, 1.165) is 46.6 Å². The van der Waals surface area contributed by atoms with Gasteiger partial charge in [-0.05, 0) is 79.3 Å². The third kappa shape index (κ3) is 5.33. The molecule has 0 spiro atoms. The summed E-state index contributed by atoms with van der Waals surface area (Å²) in [6.45, 7) is 3.40. The van der Waals surface area contributed by atoms with Crippen LogP contribution in [0.3, 0.4) is 0 Å². The van der Waals surface area contributed by atoms with Gasteiger partial charge in [0.05, 0.1) is 11.1 Å². The zero-order valence-corrected chi connectivity index (χ0v) is 19.3. The highest BCUT2D eigenvalue weighted by atomic mass is 19.1. The largest absolute Gasteiger partial charge is 0.381 e. The standard InChI is InChI=1S/C27H26F2N4O2/c1-16-2-4-22(25(10-16)30-21-6-8-35-9-7-21)27(34)31-26-23-14-17(3-5-24(23)32-33-26)11-18-12-19(28)15-20(29)13-18/h2-5,10,12-15,21,30H,6-9,11H2,1H3,(H2,31,32,33,34). The molecule has 1 aliphatic heterocycles. The van der Waals surface area contributed by atoms with Gasteiger partial charge in [0.25, 0.3) is 5.91 Å². The van der Waals surface area contributed by atoms with Gasteiger partial charge in [-0.1, -0.05) is 12.1 Å². The van der Waals surface area contributed by atoms with Crippen LogP contribution in [-0.4, -0.2) is 35.4 Å². The van der Waals surface area contributed by atoms with Crippen LogP contribution in [0.4, 0.5) is 20.3 Å². The molecule has 2 heterocycles. The van der Waals surface area contributed by atoms with Crippen LogP contribution < -0.4 is 10.6 Å². The fourth-order valence-electron chi connectivity index (χ4n) is 4.43. The van der Waals surface area contributed by atoms with Crippen LogP contribution in [0.2, 0.25) is 0 Å². The highest BCUT2D eigenvalue weighted by Crippen LogP contribution is 2.26. The molecule has 0 radical (unpaired) electrons. The number of nitrogens with one attached hydrogen (secondary N) is 3. The van der Waals surface area contributed by atoms with Gasteiger partial charge in [-0.3, -0.25) is 9.89 Å². The van der Waals surface area contributed by atoms with Crippen molar-refractivity contribution in [3.63, 3.8) is 0 Å². The van der Waals surface area contributed by atoms with E-state index >= 15 is 0 Å². The molecule has 180 valence electrons. The van der Waals surface area contributed by atoms with E-state index in [1.165, 1.54) is 12.1 Å². The van der Waals surface area contributed by atoms with Crippen LogP contribution in [0.1, 0.15) is 39.9 Å². The number of halogens is 2. The number of aromatic nitrogens is 2. The van der Waals surface area contributed by atoms with Crippen molar-refractivity contribution >= 4 is 28.3 Å². The summed E-state index contributed by atoms with van der Waals surface area (Å²) in [5.41, 5.74) is 4.49. The number of aromatic amines is 1. The van der Waals surface area contributed by atoms with Gasteiger partial charge in [0, 0.05) is 36.4 Å². The minimum atomic E-state index is -0.611. The Bertz CT molecular complexity index is 1360. The number of benzene rings is 3. The molecule has 1 saturated heterocycles. The van der Waals surface area contributed by atoms with Crippen LogP contribution in [0, 0.1) is 18.6 Å². The van der Waals surface area contributed by atoms with E-state index in [2.05, 4.69) is 20.8 Å². The van der Waals surface area contributed by atoms with E-state index in [1.54, 1.807) is 0 Å². The van der Waals surface area contributed by atoms with Gasteiger partial charge in [-0.15, -0.1) is 0 Å². The molecule has 5 rings (SSSR count). The quantitative estimate of drug-likeness (QED) is 0.339. The predicted octanol–water partition coefficient (Wildman–Crippen LogP) is 5.58. The molecule has 4 aromatic rings. The molecule has 35 heavy (non-hydrogen) atoms. The molecule has 1 aromatic heterocycles. The van der Waals surface area contributed by atoms with Crippen LogP contribution in [0.25, 0.3) is 10.9 Å². The summed E-state index contributed by atoms with van der Waals surface area (Å²) in [5, 5.41) is 14.4. The molecule has 1 amide bonds. The highest BCUT2D eigenvalue weighted by Gasteiger charge is 2.19. The average Bonchev–Trinajstić information content (AvgIpc) is 3.21. The first-order valence-electron chi connectivity index (χ1n) is 11.6. The third-order valence-corrected chi connectivity index (χ3v) is 6.19. The first kappa shape index (κ1) is 23.0. The number of carbonyl (C=O) groups is 1. The van der Waals surface area contributed by atoms with E-state index in [0.29, 0.717) is 36.6 Å². The molecule has 1 fully saturated rings. The number of nitrogens with zero attached hydrogens (tertiary/aromatic N) is 1. The summed E-state index contributed by atoms with van der Waals surface area (Å²) in [4.78, 5) is 13.3. The van der Waals surface area contributed by atoms with Gasteiger partial charge in [-0.2, -0.15) is 5.10 Å². The van der Waals surface area contributed by atoms with Crippen LogP contribution >= 0.6 is 0 Å². The maximum absolute atomic E-state index is 13.6. The van der Waals surface area contributed by atoms with Crippen LogP contribution in [0.5, 0.6) is 0 Å². The number of amides is 1. The second kappa shape index (κ2) is 9.84. The van der Waals surface area contributed by atoms with Crippen molar-refractivity contribution in [2.75, 3.05) is 23.8 Å².